The first-order valence-electron chi connectivity index (χ1n) is 8.29. The van der Waals surface area contributed by atoms with Crippen LogP contribution >= 0.6 is 11.6 Å². The van der Waals surface area contributed by atoms with Crippen LogP contribution in [-0.4, -0.2) is 38.4 Å². The van der Waals surface area contributed by atoms with Gasteiger partial charge in [-0.25, -0.2) is 8.42 Å². The number of hydrogen-bond donors (Lipinski definition) is 0. The zero-order valence-electron chi connectivity index (χ0n) is 13.9. The molecule has 25 heavy (non-hydrogen) atoms. The number of carbonyl (C=O) groups excluding carboxylic acids is 1. The zero-order valence-corrected chi connectivity index (χ0v) is 15.5. The minimum atomic E-state index is -3.64. The summed E-state index contributed by atoms with van der Waals surface area (Å²) in [6, 6.07) is 10.4. The van der Waals surface area contributed by atoms with Gasteiger partial charge < -0.3 is 4.74 Å². The molecule has 0 radical (unpaired) electrons. The van der Waals surface area contributed by atoms with E-state index in [4.69, 9.17) is 16.3 Å². The first-order chi connectivity index (χ1) is 11.9. The van der Waals surface area contributed by atoms with E-state index in [1.807, 2.05) is 12.1 Å². The van der Waals surface area contributed by atoms with Gasteiger partial charge in [-0.15, -0.1) is 0 Å². The highest BCUT2D eigenvalue weighted by molar-refractivity contribution is 7.89. The van der Waals surface area contributed by atoms with Gasteiger partial charge in [0.2, 0.25) is 10.0 Å². The third kappa shape index (κ3) is 3.52. The Morgan fingerprint density at radius 3 is 2.44 bits per heavy atom. The number of piperidine rings is 1. The number of benzene rings is 2. The standard InChI is InChI=1S/C18H20ClNO4S/c1-2-24-18(21)13-9-11-20(12-10-13)25(22,23)17-8-7-16(19)14-5-3-4-6-15(14)17/h3-8,13H,2,9-12H2,1H3. The number of hydrogen-bond acceptors (Lipinski definition) is 4. The average Bonchev–Trinajstić information content (AvgIpc) is 2.62. The fourth-order valence-corrected chi connectivity index (χ4v) is 5.08. The third-order valence-corrected chi connectivity index (χ3v) is 6.81. The van der Waals surface area contributed by atoms with Crippen molar-refractivity contribution in [1.29, 1.82) is 0 Å². The lowest BCUT2D eigenvalue weighted by atomic mass is 9.98. The van der Waals surface area contributed by atoms with Crippen LogP contribution in [0.2, 0.25) is 5.02 Å². The number of carbonyl (C=O) groups is 1. The summed E-state index contributed by atoms with van der Waals surface area (Å²) in [5.41, 5.74) is 0. The van der Waals surface area contributed by atoms with Crippen molar-refractivity contribution < 1.29 is 17.9 Å². The van der Waals surface area contributed by atoms with Crippen LogP contribution in [0.4, 0.5) is 0 Å². The van der Waals surface area contributed by atoms with Gasteiger partial charge in [0.05, 0.1) is 17.4 Å². The Labute approximate surface area is 152 Å². The van der Waals surface area contributed by atoms with Crippen LogP contribution in [-0.2, 0) is 19.6 Å². The Morgan fingerprint density at radius 2 is 1.80 bits per heavy atom. The maximum absolute atomic E-state index is 13.1. The molecular formula is C18H20ClNO4S. The molecule has 2 aromatic rings. The van der Waals surface area contributed by atoms with Gasteiger partial charge in [-0.3, -0.25) is 4.79 Å². The second-order valence-corrected chi connectivity index (χ2v) is 8.34. The van der Waals surface area contributed by atoms with Crippen LogP contribution in [0, 0.1) is 5.92 Å². The molecule has 1 fully saturated rings. The quantitative estimate of drug-likeness (QED) is 0.761. The van der Waals surface area contributed by atoms with E-state index in [1.54, 1.807) is 31.2 Å². The van der Waals surface area contributed by atoms with Gasteiger partial charge in [0.1, 0.15) is 0 Å². The molecule has 0 saturated carbocycles. The van der Waals surface area contributed by atoms with E-state index in [0.29, 0.717) is 48.3 Å². The fourth-order valence-electron chi connectivity index (χ4n) is 3.19. The van der Waals surface area contributed by atoms with Gasteiger partial charge in [0.25, 0.3) is 0 Å². The summed E-state index contributed by atoms with van der Waals surface area (Å²) in [5.74, 6) is -0.468. The normalized spacial score (nSPS) is 16.9. The lowest BCUT2D eigenvalue weighted by molar-refractivity contribution is -0.149. The summed E-state index contributed by atoms with van der Waals surface area (Å²) >= 11 is 6.19. The zero-order chi connectivity index (χ0) is 18.0. The van der Waals surface area contributed by atoms with E-state index in [0.717, 1.165) is 0 Å². The Kier molecular flexibility index (Phi) is 5.32. The molecule has 0 N–H and O–H groups in total. The van der Waals surface area contributed by atoms with Crippen molar-refractivity contribution in [3.05, 3.63) is 41.4 Å². The van der Waals surface area contributed by atoms with E-state index < -0.39 is 10.0 Å². The molecule has 3 rings (SSSR count). The van der Waals surface area contributed by atoms with E-state index in [-0.39, 0.29) is 16.8 Å². The molecular weight excluding hydrogens is 362 g/mol. The maximum Gasteiger partial charge on any atom is 0.309 e. The number of esters is 1. The molecule has 1 aliphatic rings. The SMILES string of the molecule is CCOC(=O)C1CCN(S(=O)(=O)c2ccc(Cl)c3ccccc23)CC1. The van der Waals surface area contributed by atoms with Crippen molar-refractivity contribution in [2.24, 2.45) is 5.92 Å². The molecule has 0 amide bonds. The van der Waals surface area contributed by atoms with Gasteiger partial charge in [-0.1, -0.05) is 35.9 Å². The minimum absolute atomic E-state index is 0.228. The lowest BCUT2D eigenvalue weighted by Gasteiger charge is -2.30. The van der Waals surface area contributed by atoms with Crippen LogP contribution in [0.5, 0.6) is 0 Å². The first kappa shape index (κ1) is 18.2. The van der Waals surface area contributed by atoms with Crippen molar-refractivity contribution in [2.45, 2.75) is 24.7 Å². The van der Waals surface area contributed by atoms with Gasteiger partial charge in [-0.2, -0.15) is 4.31 Å². The fraction of sp³-hybridized carbons (Fsp3) is 0.389. The third-order valence-electron chi connectivity index (χ3n) is 4.52. The molecule has 1 heterocycles. The summed E-state index contributed by atoms with van der Waals surface area (Å²) in [5, 5.41) is 1.85. The largest absolute Gasteiger partial charge is 0.466 e. The summed E-state index contributed by atoms with van der Waals surface area (Å²) in [6.07, 6.45) is 0.952. The van der Waals surface area contributed by atoms with Crippen LogP contribution in [0.25, 0.3) is 10.8 Å². The maximum atomic E-state index is 13.1. The van der Waals surface area contributed by atoms with E-state index in [2.05, 4.69) is 0 Å². The molecule has 0 bridgehead atoms. The van der Waals surface area contributed by atoms with Crippen molar-refractivity contribution in [3.63, 3.8) is 0 Å². The molecule has 134 valence electrons. The Hall–Kier alpha value is -1.63. The summed E-state index contributed by atoms with van der Waals surface area (Å²) < 4.78 is 32.6. The predicted octanol–water partition coefficient (Wildman–Crippen LogP) is 3.46. The van der Waals surface area contributed by atoms with Crippen LogP contribution in [0.1, 0.15) is 19.8 Å². The van der Waals surface area contributed by atoms with Crippen molar-refractivity contribution >= 4 is 38.4 Å². The van der Waals surface area contributed by atoms with Crippen molar-refractivity contribution in [2.75, 3.05) is 19.7 Å². The van der Waals surface area contributed by atoms with E-state index in [9.17, 15) is 13.2 Å². The molecule has 7 heteroatoms. The number of ether oxygens (including phenoxy) is 1. The summed E-state index contributed by atoms with van der Waals surface area (Å²) in [4.78, 5) is 12.1. The highest BCUT2D eigenvalue weighted by Gasteiger charge is 2.33. The molecule has 1 saturated heterocycles. The highest BCUT2D eigenvalue weighted by atomic mass is 35.5. The molecule has 2 aromatic carbocycles. The number of rotatable bonds is 4. The van der Waals surface area contributed by atoms with Crippen LogP contribution < -0.4 is 0 Å². The Balaban J connectivity index is 1.87. The molecule has 5 nitrogen and oxygen atoms in total. The second kappa shape index (κ2) is 7.32. The highest BCUT2D eigenvalue weighted by Crippen LogP contribution is 2.32. The van der Waals surface area contributed by atoms with E-state index in [1.165, 1.54) is 4.31 Å². The minimum Gasteiger partial charge on any atom is -0.466 e. The monoisotopic (exact) mass is 381 g/mol. The molecule has 0 spiro atoms. The Morgan fingerprint density at radius 1 is 1.16 bits per heavy atom. The predicted molar refractivity (Wildman–Crippen MR) is 97.1 cm³/mol. The molecule has 0 aromatic heterocycles. The molecule has 0 unspecified atom stereocenters. The van der Waals surface area contributed by atoms with Gasteiger partial charge in [-0.05, 0) is 31.9 Å². The number of fused-ring (bicyclic) bond motifs is 1. The van der Waals surface area contributed by atoms with E-state index >= 15 is 0 Å². The summed E-state index contributed by atoms with van der Waals surface area (Å²) in [7, 11) is -3.64. The molecule has 0 atom stereocenters. The van der Waals surface area contributed by atoms with Crippen LogP contribution in [0.3, 0.4) is 0 Å². The summed E-state index contributed by atoms with van der Waals surface area (Å²) in [6.45, 7) is 2.72. The van der Waals surface area contributed by atoms with Gasteiger partial charge >= 0.3 is 5.97 Å². The topological polar surface area (TPSA) is 63.7 Å². The molecule has 1 aliphatic heterocycles. The smallest absolute Gasteiger partial charge is 0.309 e. The number of sulfonamides is 1. The van der Waals surface area contributed by atoms with Crippen molar-refractivity contribution in [3.8, 4) is 0 Å². The first-order valence-corrected chi connectivity index (χ1v) is 10.1. The number of halogens is 1. The van der Waals surface area contributed by atoms with Crippen molar-refractivity contribution in [1.82, 2.24) is 4.31 Å². The Bertz CT molecular complexity index is 889. The average molecular weight is 382 g/mol. The second-order valence-electron chi connectivity index (χ2n) is 6.02. The van der Waals surface area contributed by atoms with Gasteiger partial charge in [0, 0.05) is 28.9 Å². The molecule has 0 aliphatic carbocycles. The van der Waals surface area contributed by atoms with Gasteiger partial charge in [0.15, 0.2) is 0 Å². The number of nitrogens with zero attached hydrogens (tertiary/aromatic N) is 1. The lowest BCUT2D eigenvalue weighted by Crippen LogP contribution is -2.40. The van der Waals surface area contributed by atoms with Crippen LogP contribution in [0.15, 0.2) is 41.3 Å².